The van der Waals surface area contributed by atoms with E-state index in [2.05, 4.69) is 20.6 Å². The number of hydrogen-bond acceptors (Lipinski definition) is 8. The molecule has 0 spiro atoms. The fourth-order valence-corrected chi connectivity index (χ4v) is 2.87. The molecule has 156 valence electrons. The normalized spacial score (nSPS) is 13.6. The highest BCUT2D eigenvalue weighted by Crippen LogP contribution is 2.36. The first-order chi connectivity index (χ1) is 13.6. The molecule has 0 bridgehead atoms. The van der Waals surface area contributed by atoms with E-state index in [9.17, 15) is 22.6 Å². The Hall–Kier alpha value is -2.79. The lowest BCUT2D eigenvalue weighted by Gasteiger charge is -2.23. The molecule has 0 fully saturated rings. The van der Waals surface area contributed by atoms with Crippen molar-refractivity contribution in [1.29, 1.82) is 0 Å². The van der Waals surface area contributed by atoms with E-state index in [-0.39, 0.29) is 17.7 Å². The van der Waals surface area contributed by atoms with Gasteiger partial charge in [0.25, 0.3) is 0 Å². The van der Waals surface area contributed by atoms with Crippen LogP contribution >= 0.6 is 0 Å². The zero-order chi connectivity index (χ0) is 21.8. The van der Waals surface area contributed by atoms with Gasteiger partial charge in [-0.05, 0) is 12.1 Å². The minimum Gasteiger partial charge on any atom is -0.726 e. The number of anilines is 2. The largest absolute Gasteiger partial charge is 0.726 e. The number of rotatable bonds is 5. The van der Waals surface area contributed by atoms with Crippen molar-refractivity contribution in [3.8, 4) is 0 Å². The van der Waals surface area contributed by atoms with E-state index in [4.69, 9.17) is 0 Å². The summed E-state index contributed by atoms with van der Waals surface area (Å²) in [7, 11) is -1.86. The fraction of sp³-hybridized carbons (Fsp3) is 0.263. The molecule has 3 rings (SSSR count). The zero-order valence-electron chi connectivity index (χ0n) is 16.3. The Bertz CT molecular complexity index is 1040. The maximum Gasteiger partial charge on any atom is 0.217 e. The smallest absolute Gasteiger partial charge is 0.217 e. The highest BCUT2D eigenvalue weighted by Gasteiger charge is 2.33. The minimum atomic E-state index is -4.41. The van der Waals surface area contributed by atoms with Crippen molar-refractivity contribution in [2.24, 2.45) is 0 Å². The van der Waals surface area contributed by atoms with Crippen LogP contribution in [0.4, 0.5) is 11.4 Å². The Morgan fingerprint density at radius 3 is 1.90 bits per heavy atom. The molecule has 1 unspecified atom stereocenters. The fourth-order valence-electron chi connectivity index (χ4n) is 2.87. The predicted octanol–water partition coefficient (Wildman–Crippen LogP) is 0.987. The Kier molecular flexibility index (Phi) is 7.09. The van der Waals surface area contributed by atoms with E-state index in [0.717, 1.165) is 13.5 Å². The lowest BCUT2D eigenvalue weighted by Crippen LogP contribution is -2.64. The molecule has 0 amide bonds. The van der Waals surface area contributed by atoms with Crippen molar-refractivity contribution in [2.75, 3.05) is 24.8 Å². The van der Waals surface area contributed by atoms with E-state index in [1.54, 1.807) is 31.3 Å². The maximum atomic E-state index is 13.0. The van der Waals surface area contributed by atoms with Gasteiger partial charge in [-0.1, -0.05) is 31.2 Å². The van der Waals surface area contributed by atoms with E-state index < -0.39 is 10.4 Å². The Morgan fingerprint density at radius 2 is 1.48 bits per heavy atom. The molecule has 2 aromatic rings. The van der Waals surface area contributed by atoms with Crippen LogP contribution in [-0.2, 0) is 14.6 Å². The molecule has 5 N–H and O–H groups in total. The van der Waals surface area contributed by atoms with Crippen molar-refractivity contribution < 1.29 is 32.5 Å². The van der Waals surface area contributed by atoms with Gasteiger partial charge in [0.15, 0.2) is 17.7 Å². The van der Waals surface area contributed by atoms with Crippen LogP contribution in [0.15, 0.2) is 36.4 Å². The van der Waals surface area contributed by atoms with Crippen LogP contribution in [-0.4, -0.2) is 44.9 Å². The van der Waals surface area contributed by atoms with Crippen molar-refractivity contribution in [3.63, 3.8) is 0 Å². The van der Waals surface area contributed by atoms with Gasteiger partial charge in [0.2, 0.25) is 10.4 Å². The van der Waals surface area contributed by atoms with E-state index in [1.807, 2.05) is 19.1 Å². The molecule has 2 aromatic carbocycles. The summed E-state index contributed by atoms with van der Waals surface area (Å²) in [5, 5.41) is 6.26. The van der Waals surface area contributed by atoms with Crippen LogP contribution in [0.3, 0.4) is 0 Å². The summed E-state index contributed by atoms with van der Waals surface area (Å²) in [6.45, 7) is 2.02. The van der Waals surface area contributed by atoms with Gasteiger partial charge in [-0.2, -0.15) is 0 Å². The molecule has 29 heavy (non-hydrogen) atoms. The van der Waals surface area contributed by atoms with Gasteiger partial charge in [0.05, 0.1) is 23.9 Å². The van der Waals surface area contributed by atoms with Gasteiger partial charge in [0.1, 0.15) is 0 Å². The van der Waals surface area contributed by atoms with Gasteiger partial charge in [0, 0.05) is 30.3 Å². The molecule has 1 atom stereocenters. The topological polar surface area (TPSA) is 152 Å². The summed E-state index contributed by atoms with van der Waals surface area (Å²) in [6.07, 6.45) is 0.793. The van der Waals surface area contributed by atoms with Gasteiger partial charge < -0.3 is 20.9 Å². The summed E-state index contributed by atoms with van der Waals surface area (Å²) in [6, 6.07) is 10.6. The van der Waals surface area contributed by atoms with Gasteiger partial charge in [-0.15, -0.1) is 0 Å². The molecule has 0 radical (unpaired) electrons. The number of carbonyl (C=O) groups is 2. The van der Waals surface area contributed by atoms with Crippen molar-refractivity contribution in [2.45, 2.75) is 19.5 Å². The van der Waals surface area contributed by atoms with Crippen LogP contribution in [0.25, 0.3) is 0 Å². The molecule has 0 aliphatic heterocycles. The highest BCUT2D eigenvalue weighted by molar-refractivity contribution is 7.80. The van der Waals surface area contributed by atoms with Crippen LogP contribution in [0.2, 0.25) is 0 Å². The molecule has 0 saturated heterocycles. The molecule has 0 aromatic heterocycles. The summed E-state index contributed by atoms with van der Waals surface area (Å²) in [4.78, 5) is 25.9. The summed E-state index contributed by atoms with van der Waals surface area (Å²) in [5.74, 6) is -0.251. The van der Waals surface area contributed by atoms with Gasteiger partial charge >= 0.3 is 0 Å². The standard InChI is InChI=1S/C18H19N3O2.CH4O4S/c1-3-14(19)21-13-9-8-12(20-2)15-16(13)18(23)11-7-5-4-6-10(11)17(15)22;1-5-6(2,3)4/h4-9,14,20-21H,3,19H2,1-2H3;1H3,(H,2,3,4). The van der Waals surface area contributed by atoms with Crippen molar-refractivity contribution >= 4 is 33.3 Å². The average Bonchev–Trinajstić information content (AvgIpc) is 2.71. The first-order valence-electron chi connectivity index (χ1n) is 8.78. The average molecular weight is 421 g/mol. The van der Waals surface area contributed by atoms with Gasteiger partial charge in [-0.3, -0.25) is 13.8 Å². The third-order valence-electron chi connectivity index (χ3n) is 4.40. The number of ketones is 2. The third kappa shape index (κ3) is 4.98. The second-order valence-corrected chi connectivity index (χ2v) is 7.34. The van der Waals surface area contributed by atoms with E-state index >= 15 is 0 Å². The van der Waals surface area contributed by atoms with E-state index in [0.29, 0.717) is 33.6 Å². The second-order valence-electron chi connectivity index (χ2n) is 6.19. The molecule has 0 heterocycles. The predicted molar refractivity (Wildman–Crippen MR) is 107 cm³/mol. The van der Waals surface area contributed by atoms with E-state index in [1.165, 1.54) is 0 Å². The second kappa shape index (κ2) is 9.14. The summed E-state index contributed by atoms with van der Waals surface area (Å²) < 4.78 is 31.0. The SMILES string of the molecule is CCC([NH3+])Nc1ccc(NC)c2c1C(=O)c1ccccc1C2=O.COS(=O)(=O)[O-]. The quantitative estimate of drug-likeness (QED) is 0.313. The Morgan fingerprint density at radius 1 is 1.03 bits per heavy atom. The third-order valence-corrected chi connectivity index (χ3v) is 4.81. The zero-order valence-corrected chi connectivity index (χ0v) is 17.1. The Labute approximate surface area is 169 Å². The number of quaternary nitrogens is 1. The molecule has 0 saturated carbocycles. The minimum absolute atomic E-state index is 0.0281. The van der Waals surface area contributed by atoms with Crippen LogP contribution < -0.4 is 16.4 Å². The Balaban J connectivity index is 0.000000438. The van der Waals surface area contributed by atoms with Crippen LogP contribution in [0.5, 0.6) is 0 Å². The monoisotopic (exact) mass is 421 g/mol. The maximum absolute atomic E-state index is 13.0. The first kappa shape index (κ1) is 22.5. The lowest BCUT2D eigenvalue weighted by atomic mass is 9.82. The lowest BCUT2D eigenvalue weighted by molar-refractivity contribution is -0.410. The number of fused-ring (bicyclic) bond motifs is 2. The summed E-state index contributed by atoms with van der Waals surface area (Å²) in [5.41, 5.74) is 7.12. The van der Waals surface area contributed by atoms with Crippen LogP contribution in [0, 0.1) is 0 Å². The molecule has 10 heteroatoms. The van der Waals surface area contributed by atoms with Crippen molar-refractivity contribution in [3.05, 3.63) is 58.7 Å². The van der Waals surface area contributed by atoms with Crippen molar-refractivity contribution in [1.82, 2.24) is 0 Å². The molecular weight excluding hydrogens is 398 g/mol. The molecule has 1 aliphatic carbocycles. The first-order valence-corrected chi connectivity index (χ1v) is 10.1. The number of hydrogen-bond donors (Lipinski definition) is 3. The van der Waals surface area contributed by atoms with Gasteiger partial charge in [-0.25, -0.2) is 8.42 Å². The number of benzene rings is 2. The number of nitrogens with one attached hydrogen (secondary N) is 2. The highest BCUT2D eigenvalue weighted by atomic mass is 32.3. The molecule has 9 nitrogen and oxygen atoms in total. The van der Waals surface area contributed by atoms with Crippen LogP contribution in [0.1, 0.15) is 45.2 Å². The summed E-state index contributed by atoms with van der Waals surface area (Å²) >= 11 is 0. The number of carbonyl (C=O) groups excluding carboxylic acids is 2. The molecular formula is C19H23N3O6S. The molecule has 1 aliphatic rings.